The molecular weight excluding hydrogens is 206 g/mol. The van der Waals surface area contributed by atoms with E-state index in [9.17, 15) is 0 Å². The van der Waals surface area contributed by atoms with Gasteiger partial charge in [-0.2, -0.15) is 10.5 Å². The van der Waals surface area contributed by atoms with Crippen molar-refractivity contribution < 1.29 is 9.47 Å². The minimum absolute atomic E-state index is 0.129. The van der Waals surface area contributed by atoms with Gasteiger partial charge >= 0.3 is 0 Å². The van der Waals surface area contributed by atoms with Crippen LogP contribution in [0.3, 0.4) is 0 Å². The van der Waals surface area contributed by atoms with Crippen LogP contribution in [0.1, 0.15) is 5.56 Å². The van der Waals surface area contributed by atoms with Crippen LogP contribution in [0.2, 0.25) is 0 Å². The average molecular weight is 217 g/mol. The number of nitrogens with zero attached hydrogens (tertiary/aromatic N) is 2. The molecule has 1 rings (SSSR count). The molecule has 0 unspecified atom stereocenters. The van der Waals surface area contributed by atoms with Crippen LogP contribution in [0.4, 0.5) is 5.69 Å². The number of rotatable bonds is 4. The molecule has 0 aliphatic heterocycles. The molecule has 0 aliphatic carbocycles. The lowest BCUT2D eigenvalue weighted by molar-refractivity contribution is 0.354. The smallest absolute Gasteiger partial charge is 0.180 e. The monoisotopic (exact) mass is 217 g/mol. The highest BCUT2D eigenvalue weighted by molar-refractivity contribution is 5.68. The number of hydrogen-bond acceptors (Lipinski definition) is 5. The molecule has 16 heavy (non-hydrogen) atoms. The van der Waals surface area contributed by atoms with Gasteiger partial charge in [0.05, 0.1) is 26.0 Å². The van der Waals surface area contributed by atoms with Crippen LogP contribution in [0.25, 0.3) is 0 Å². The molecule has 0 aromatic heterocycles. The predicted octanol–water partition coefficient (Wildman–Crippen LogP) is 1.51. The van der Waals surface area contributed by atoms with Crippen LogP contribution in [0, 0.1) is 22.7 Å². The number of nitrogens with one attached hydrogen (secondary N) is 1. The molecule has 0 amide bonds. The van der Waals surface area contributed by atoms with Crippen molar-refractivity contribution in [3.8, 4) is 23.6 Å². The molecular formula is C11H11N3O2. The van der Waals surface area contributed by atoms with Gasteiger partial charge in [-0.15, -0.1) is 0 Å². The Hall–Kier alpha value is -2.40. The molecule has 82 valence electrons. The third-order valence-corrected chi connectivity index (χ3v) is 2.02. The molecule has 5 heteroatoms. The van der Waals surface area contributed by atoms with Gasteiger partial charge in [0.2, 0.25) is 0 Å². The zero-order chi connectivity index (χ0) is 12.0. The number of nitriles is 2. The highest BCUT2D eigenvalue weighted by Crippen LogP contribution is 2.35. The van der Waals surface area contributed by atoms with Crippen molar-refractivity contribution in [2.45, 2.75) is 0 Å². The largest absolute Gasteiger partial charge is 0.493 e. The van der Waals surface area contributed by atoms with Gasteiger partial charge in [-0.25, -0.2) is 0 Å². The van der Waals surface area contributed by atoms with E-state index in [1.165, 1.54) is 14.2 Å². The Bertz CT molecular complexity index is 458. The SMILES string of the molecule is COc1ccc(NCC#N)c(C#N)c1OC. The maximum Gasteiger partial charge on any atom is 0.180 e. The number of hydrogen-bond donors (Lipinski definition) is 1. The second-order valence-electron chi connectivity index (χ2n) is 2.85. The summed E-state index contributed by atoms with van der Waals surface area (Å²) < 4.78 is 10.2. The van der Waals surface area contributed by atoms with Gasteiger partial charge in [0.15, 0.2) is 11.5 Å². The van der Waals surface area contributed by atoms with Crippen molar-refractivity contribution in [3.05, 3.63) is 17.7 Å². The highest BCUT2D eigenvalue weighted by atomic mass is 16.5. The molecule has 0 aliphatic rings. The maximum absolute atomic E-state index is 9.04. The molecule has 5 nitrogen and oxygen atoms in total. The molecule has 1 N–H and O–H groups in total. The summed E-state index contributed by atoms with van der Waals surface area (Å²) in [6.07, 6.45) is 0. The van der Waals surface area contributed by atoms with Crippen LogP contribution in [-0.2, 0) is 0 Å². The summed E-state index contributed by atoms with van der Waals surface area (Å²) in [5.41, 5.74) is 0.888. The summed E-state index contributed by atoms with van der Waals surface area (Å²) in [6.45, 7) is 0.129. The van der Waals surface area contributed by atoms with Crippen LogP contribution < -0.4 is 14.8 Å². The second kappa shape index (κ2) is 5.47. The normalized spacial score (nSPS) is 8.75. The first kappa shape index (κ1) is 11.7. The average Bonchev–Trinajstić information content (AvgIpc) is 2.34. The van der Waals surface area contributed by atoms with E-state index in [1.54, 1.807) is 12.1 Å². The van der Waals surface area contributed by atoms with Crippen molar-refractivity contribution in [2.24, 2.45) is 0 Å². The first-order valence-electron chi connectivity index (χ1n) is 4.54. The zero-order valence-corrected chi connectivity index (χ0v) is 9.07. The van der Waals surface area contributed by atoms with E-state index in [-0.39, 0.29) is 6.54 Å². The van der Waals surface area contributed by atoms with Gasteiger partial charge in [0.25, 0.3) is 0 Å². The van der Waals surface area contributed by atoms with Gasteiger partial charge in [0, 0.05) is 0 Å². The fourth-order valence-corrected chi connectivity index (χ4v) is 1.32. The van der Waals surface area contributed by atoms with Crippen LogP contribution in [0.5, 0.6) is 11.5 Å². The van der Waals surface area contributed by atoms with Gasteiger partial charge in [-0.05, 0) is 12.1 Å². The number of benzene rings is 1. The zero-order valence-electron chi connectivity index (χ0n) is 9.07. The summed E-state index contributed by atoms with van der Waals surface area (Å²) in [4.78, 5) is 0. The summed E-state index contributed by atoms with van der Waals surface area (Å²) >= 11 is 0. The Morgan fingerprint density at radius 1 is 1.25 bits per heavy atom. The summed E-state index contributed by atoms with van der Waals surface area (Å²) in [5.74, 6) is 0.856. The topological polar surface area (TPSA) is 78.1 Å². The molecule has 0 bridgehead atoms. The van der Waals surface area contributed by atoms with Gasteiger partial charge in [-0.3, -0.25) is 0 Å². The van der Waals surface area contributed by atoms with E-state index in [2.05, 4.69) is 5.32 Å². The van der Waals surface area contributed by atoms with Gasteiger partial charge in [0.1, 0.15) is 18.2 Å². The minimum Gasteiger partial charge on any atom is -0.493 e. The summed E-state index contributed by atoms with van der Waals surface area (Å²) in [5, 5.41) is 20.3. The molecule has 0 heterocycles. The van der Waals surface area contributed by atoms with Crippen molar-refractivity contribution in [3.63, 3.8) is 0 Å². The van der Waals surface area contributed by atoms with Crippen molar-refractivity contribution >= 4 is 5.69 Å². The predicted molar refractivity (Wildman–Crippen MR) is 58.4 cm³/mol. The van der Waals surface area contributed by atoms with E-state index in [0.717, 1.165) is 0 Å². The van der Waals surface area contributed by atoms with E-state index in [4.69, 9.17) is 20.0 Å². The fraction of sp³-hybridized carbons (Fsp3) is 0.273. The minimum atomic E-state index is 0.129. The Morgan fingerprint density at radius 3 is 2.50 bits per heavy atom. The van der Waals surface area contributed by atoms with Crippen molar-refractivity contribution in [1.82, 2.24) is 0 Å². The van der Waals surface area contributed by atoms with E-state index >= 15 is 0 Å². The summed E-state index contributed by atoms with van der Waals surface area (Å²) in [7, 11) is 2.97. The van der Waals surface area contributed by atoms with Gasteiger partial charge in [-0.1, -0.05) is 0 Å². The first-order chi connectivity index (χ1) is 7.78. The van der Waals surface area contributed by atoms with E-state index in [1.807, 2.05) is 12.1 Å². The lowest BCUT2D eigenvalue weighted by atomic mass is 10.1. The van der Waals surface area contributed by atoms with Gasteiger partial charge < -0.3 is 14.8 Å². The number of methoxy groups -OCH3 is 2. The van der Waals surface area contributed by atoms with Crippen LogP contribution in [-0.4, -0.2) is 20.8 Å². The lowest BCUT2D eigenvalue weighted by Gasteiger charge is -2.12. The lowest BCUT2D eigenvalue weighted by Crippen LogP contribution is -2.03. The Morgan fingerprint density at radius 2 is 2.00 bits per heavy atom. The highest BCUT2D eigenvalue weighted by Gasteiger charge is 2.14. The molecule has 0 spiro atoms. The number of anilines is 1. The Labute approximate surface area is 93.8 Å². The van der Waals surface area contributed by atoms with Crippen molar-refractivity contribution in [1.29, 1.82) is 10.5 Å². The van der Waals surface area contributed by atoms with Crippen LogP contribution >= 0.6 is 0 Å². The maximum atomic E-state index is 9.04. The standard InChI is InChI=1S/C11H11N3O2/c1-15-10-4-3-9(14-6-5-12)8(7-13)11(10)16-2/h3-4,14H,6H2,1-2H3. The molecule has 0 saturated carbocycles. The fourth-order valence-electron chi connectivity index (χ4n) is 1.32. The van der Waals surface area contributed by atoms with Crippen LogP contribution in [0.15, 0.2) is 12.1 Å². The van der Waals surface area contributed by atoms with E-state index < -0.39 is 0 Å². The third kappa shape index (κ3) is 2.15. The summed E-state index contributed by atoms with van der Waals surface area (Å²) in [6, 6.07) is 7.32. The third-order valence-electron chi connectivity index (χ3n) is 2.02. The second-order valence-corrected chi connectivity index (χ2v) is 2.85. The quantitative estimate of drug-likeness (QED) is 0.773. The number of ether oxygens (including phenoxy) is 2. The van der Waals surface area contributed by atoms with E-state index in [0.29, 0.717) is 22.7 Å². The molecule has 0 saturated heterocycles. The molecule has 1 aromatic rings. The molecule has 1 aromatic carbocycles. The molecule has 0 radical (unpaired) electrons. The molecule has 0 fully saturated rings. The Balaban J connectivity index is 3.23. The first-order valence-corrected chi connectivity index (χ1v) is 4.54. The Kier molecular flexibility index (Phi) is 3.99. The molecule has 0 atom stereocenters. The van der Waals surface area contributed by atoms with Crippen molar-refractivity contribution in [2.75, 3.05) is 26.1 Å².